The summed E-state index contributed by atoms with van der Waals surface area (Å²) >= 11 is 1.44. The van der Waals surface area contributed by atoms with Crippen LogP contribution in [-0.4, -0.2) is 49.3 Å². The Bertz CT molecular complexity index is 840. The standard InChI is InChI=1S/C19H24BF5N2O2S/c1-17(2)18(3,4)29-20(28-17)13-7-6-11(14(21)15(13)22)12(10-27-8-9-30-5)16(26)19(23,24)25/h6-7,10H,8-9,26H2,1-5H3/b16-12+,27-10?. The topological polar surface area (TPSA) is 56.8 Å². The zero-order valence-corrected chi connectivity index (χ0v) is 18.2. The normalized spacial score (nSPS) is 19.5. The number of rotatable bonds is 6. The lowest BCUT2D eigenvalue weighted by Crippen LogP contribution is -2.41. The third kappa shape index (κ3) is 5.00. The lowest BCUT2D eigenvalue weighted by molar-refractivity contribution is -0.0918. The van der Waals surface area contributed by atoms with Crippen molar-refractivity contribution in [3.63, 3.8) is 0 Å². The van der Waals surface area contributed by atoms with E-state index >= 15 is 0 Å². The largest absolute Gasteiger partial charge is 0.497 e. The molecule has 2 rings (SSSR count). The van der Waals surface area contributed by atoms with E-state index in [1.807, 2.05) is 0 Å². The molecule has 4 nitrogen and oxygen atoms in total. The van der Waals surface area contributed by atoms with Crippen molar-refractivity contribution in [3.8, 4) is 0 Å². The predicted octanol–water partition coefficient (Wildman–Crippen LogP) is 3.93. The van der Waals surface area contributed by atoms with Crippen LogP contribution in [0.1, 0.15) is 33.3 Å². The first-order chi connectivity index (χ1) is 13.7. The Kier molecular flexibility index (Phi) is 7.31. The molecule has 11 heteroatoms. The Balaban J connectivity index is 2.51. The minimum Gasteiger partial charge on any atom is -0.399 e. The monoisotopic (exact) mass is 450 g/mol. The molecule has 0 bridgehead atoms. The Labute approximate surface area is 177 Å². The van der Waals surface area contributed by atoms with Crippen LogP contribution in [0.25, 0.3) is 5.57 Å². The number of hydrogen-bond acceptors (Lipinski definition) is 5. The molecule has 1 aliphatic heterocycles. The Morgan fingerprint density at radius 2 is 1.70 bits per heavy atom. The molecule has 0 atom stereocenters. The quantitative estimate of drug-likeness (QED) is 0.309. The molecule has 2 N–H and O–H groups in total. The van der Waals surface area contributed by atoms with E-state index in [1.54, 1.807) is 34.0 Å². The van der Waals surface area contributed by atoms with Gasteiger partial charge < -0.3 is 15.0 Å². The van der Waals surface area contributed by atoms with Gasteiger partial charge in [0.05, 0.1) is 11.2 Å². The smallest absolute Gasteiger partial charge is 0.399 e. The molecule has 0 amide bonds. The van der Waals surface area contributed by atoms with Crippen LogP contribution < -0.4 is 11.2 Å². The maximum Gasteiger partial charge on any atom is 0.497 e. The van der Waals surface area contributed by atoms with Crippen molar-refractivity contribution in [1.82, 2.24) is 0 Å². The molecule has 1 aromatic carbocycles. The number of benzene rings is 1. The minimum absolute atomic E-state index is 0.200. The molecule has 1 saturated heterocycles. The van der Waals surface area contributed by atoms with E-state index in [4.69, 9.17) is 15.0 Å². The van der Waals surface area contributed by atoms with Gasteiger partial charge in [0.25, 0.3) is 0 Å². The number of nitrogens with zero attached hydrogens (tertiary/aromatic N) is 1. The molecule has 0 aromatic heterocycles. The van der Waals surface area contributed by atoms with Gasteiger partial charge in [0.1, 0.15) is 5.70 Å². The van der Waals surface area contributed by atoms with Crippen molar-refractivity contribution in [3.05, 3.63) is 35.0 Å². The van der Waals surface area contributed by atoms with Gasteiger partial charge in [-0.15, -0.1) is 0 Å². The fourth-order valence-electron chi connectivity index (χ4n) is 2.66. The first-order valence-corrected chi connectivity index (χ1v) is 10.5. The first kappa shape index (κ1) is 24.7. The average Bonchev–Trinajstić information content (AvgIpc) is 2.84. The summed E-state index contributed by atoms with van der Waals surface area (Å²) in [5, 5.41) is 0. The summed E-state index contributed by atoms with van der Waals surface area (Å²) in [5.41, 5.74) is 0.431. The van der Waals surface area contributed by atoms with Crippen LogP contribution in [0.3, 0.4) is 0 Å². The highest BCUT2D eigenvalue weighted by atomic mass is 32.2. The van der Waals surface area contributed by atoms with Gasteiger partial charge in [0.2, 0.25) is 0 Å². The van der Waals surface area contributed by atoms with Crippen molar-refractivity contribution >= 4 is 36.1 Å². The second kappa shape index (κ2) is 8.88. The molecule has 30 heavy (non-hydrogen) atoms. The van der Waals surface area contributed by atoms with Crippen LogP contribution in [0, 0.1) is 11.6 Å². The zero-order chi connectivity index (χ0) is 22.9. The van der Waals surface area contributed by atoms with Crippen LogP contribution in [0.2, 0.25) is 0 Å². The minimum atomic E-state index is -4.94. The molecule has 1 fully saturated rings. The van der Waals surface area contributed by atoms with Crippen LogP contribution in [0.4, 0.5) is 22.0 Å². The molecule has 0 saturated carbocycles. The molecular weight excluding hydrogens is 426 g/mol. The molecule has 0 spiro atoms. The fourth-order valence-corrected chi connectivity index (χ4v) is 2.95. The van der Waals surface area contributed by atoms with E-state index in [1.165, 1.54) is 11.8 Å². The highest BCUT2D eigenvalue weighted by molar-refractivity contribution is 7.98. The van der Waals surface area contributed by atoms with E-state index < -0.39 is 53.0 Å². The number of thioether (sulfide) groups is 1. The summed E-state index contributed by atoms with van der Waals surface area (Å²) in [4.78, 5) is 3.86. The third-order valence-electron chi connectivity index (χ3n) is 5.15. The van der Waals surface area contributed by atoms with Gasteiger partial charge >= 0.3 is 13.3 Å². The zero-order valence-electron chi connectivity index (χ0n) is 17.4. The number of aliphatic imine (C=N–C) groups is 1. The lowest BCUT2D eigenvalue weighted by Gasteiger charge is -2.32. The molecule has 0 unspecified atom stereocenters. The summed E-state index contributed by atoms with van der Waals surface area (Å²) in [7, 11) is -1.21. The predicted molar refractivity (Wildman–Crippen MR) is 111 cm³/mol. The number of alkyl halides is 3. The van der Waals surface area contributed by atoms with Crippen molar-refractivity contribution < 1.29 is 31.3 Å². The van der Waals surface area contributed by atoms with Gasteiger partial charge in [0, 0.05) is 35.1 Å². The summed E-state index contributed by atoms with van der Waals surface area (Å²) < 4.78 is 80.7. The van der Waals surface area contributed by atoms with Gasteiger partial charge in [-0.2, -0.15) is 24.9 Å². The van der Waals surface area contributed by atoms with Crippen molar-refractivity contribution in [2.24, 2.45) is 10.7 Å². The number of hydrogen-bond donors (Lipinski definition) is 1. The van der Waals surface area contributed by atoms with Gasteiger partial charge in [-0.05, 0) is 34.0 Å². The Morgan fingerprint density at radius 3 is 2.20 bits per heavy atom. The van der Waals surface area contributed by atoms with Crippen molar-refractivity contribution in [2.75, 3.05) is 18.6 Å². The lowest BCUT2D eigenvalue weighted by atomic mass is 9.77. The maximum atomic E-state index is 14.9. The van der Waals surface area contributed by atoms with Crippen LogP contribution in [-0.2, 0) is 9.31 Å². The molecule has 0 radical (unpaired) electrons. The van der Waals surface area contributed by atoms with E-state index in [2.05, 4.69) is 4.99 Å². The summed E-state index contributed by atoms with van der Waals surface area (Å²) in [6.45, 7) is 7.17. The average molecular weight is 450 g/mol. The van der Waals surface area contributed by atoms with Gasteiger partial charge in [-0.1, -0.05) is 12.1 Å². The van der Waals surface area contributed by atoms with E-state index in [9.17, 15) is 22.0 Å². The molecule has 1 heterocycles. The van der Waals surface area contributed by atoms with Crippen molar-refractivity contribution in [1.29, 1.82) is 0 Å². The molecular formula is C19H24BF5N2O2S. The molecule has 0 aliphatic carbocycles. The number of allylic oxidation sites excluding steroid dienone is 2. The highest BCUT2D eigenvalue weighted by Gasteiger charge is 2.52. The molecule has 166 valence electrons. The summed E-state index contributed by atoms with van der Waals surface area (Å²) in [6.07, 6.45) is -2.31. The molecule has 1 aromatic rings. The van der Waals surface area contributed by atoms with Crippen LogP contribution in [0.5, 0.6) is 0 Å². The first-order valence-electron chi connectivity index (χ1n) is 9.12. The number of nitrogens with two attached hydrogens (primary N) is 1. The number of halogens is 5. The second-order valence-electron chi connectivity index (χ2n) is 7.77. The van der Waals surface area contributed by atoms with Gasteiger partial charge in [0.15, 0.2) is 11.6 Å². The van der Waals surface area contributed by atoms with E-state index in [0.717, 1.165) is 18.3 Å². The van der Waals surface area contributed by atoms with E-state index in [-0.39, 0.29) is 12.0 Å². The van der Waals surface area contributed by atoms with Gasteiger partial charge in [-0.3, -0.25) is 4.99 Å². The molecule has 1 aliphatic rings. The summed E-state index contributed by atoms with van der Waals surface area (Å²) in [5.74, 6) is -2.30. The summed E-state index contributed by atoms with van der Waals surface area (Å²) in [6, 6.07) is 2.16. The SMILES string of the molecule is CSCCN=C/C(=C(\N)C(F)(F)F)c1ccc(B2OC(C)(C)C(C)(C)O2)c(F)c1F. The second-order valence-corrected chi connectivity index (χ2v) is 8.76. The Hall–Kier alpha value is -1.59. The van der Waals surface area contributed by atoms with E-state index in [0.29, 0.717) is 5.75 Å². The maximum absolute atomic E-state index is 14.9. The third-order valence-corrected chi connectivity index (χ3v) is 5.74. The fraction of sp³-hybridized carbons (Fsp3) is 0.526. The van der Waals surface area contributed by atoms with Gasteiger partial charge in [-0.25, -0.2) is 8.78 Å². The van der Waals surface area contributed by atoms with Crippen LogP contribution >= 0.6 is 11.8 Å². The Morgan fingerprint density at radius 1 is 1.13 bits per heavy atom. The van der Waals surface area contributed by atoms with Crippen molar-refractivity contribution in [2.45, 2.75) is 45.1 Å². The van der Waals surface area contributed by atoms with Crippen LogP contribution in [0.15, 0.2) is 22.8 Å². The highest BCUT2D eigenvalue weighted by Crippen LogP contribution is 2.37.